The molecular weight excluding hydrogens is 378 g/mol. The Morgan fingerprint density at radius 2 is 1.77 bits per heavy atom. The minimum absolute atomic E-state index is 0.0107. The van der Waals surface area contributed by atoms with E-state index in [1.165, 1.54) is 11.1 Å². The third-order valence-corrected chi connectivity index (χ3v) is 6.15. The smallest absolute Gasteiger partial charge is 0.244 e. The van der Waals surface area contributed by atoms with Crippen LogP contribution in [0.3, 0.4) is 0 Å². The third kappa shape index (κ3) is 3.59. The van der Waals surface area contributed by atoms with Crippen molar-refractivity contribution in [3.8, 4) is 0 Å². The summed E-state index contributed by atoms with van der Waals surface area (Å²) in [6.07, 6.45) is 1.75. The van der Waals surface area contributed by atoms with E-state index in [1.54, 1.807) is 4.90 Å². The van der Waals surface area contributed by atoms with Gasteiger partial charge in [-0.25, -0.2) is 0 Å². The summed E-state index contributed by atoms with van der Waals surface area (Å²) in [5.41, 5.74) is 3.38. The van der Waals surface area contributed by atoms with Crippen LogP contribution in [0.2, 0.25) is 0 Å². The average molecular weight is 403 g/mol. The van der Waals surface area contributed by atoms with Crippen molar-refractivity contribution in [3.63, 3.8) is 0 Å². The number of furan rings is 1. The van der Waals surface area contributed by atoms with Gasteiger partial charge in [0, 0.05) is 43.5 Å². The number of rotatable bonds is 5. The lowest BCUT2D eigenvalue weighted by atomic mass is 10.0. The number of para-hydroxylation sites is 1. The normalized spacial score (nSPS) is 19.7. The van der Waals surface area contributed by atoms with E-state index < -0.39 is 6.04 Å². The highest BCUT2D eigenvalue weighted by atomic mass is 16.3. The highest BCUT2D eigenvalue weighted by Gasteiger charge is 2.38. The molecule has 2 aliphatic rings. The number of nitrogens with zero attached hydrogens (tertiary/aromatic N) is 2. The van der Waals surface area contributed by atoms with Gasteiger partial charge in [-0.1, -0.05) is 48.5 Å². The fourth-order valence-corrected chi connectivity index (χ4v) is 4.54. The number of nitrogens with one attached hydrogen (secondary N) is 1. The molecule has 1 N–H and O–H groups in total. The van der Waals surface area contributed by atoms with Crippen LogP contribution >= 0.6 is 0 Å². The second kappa shape index (κ2) is 7.95. The third-order valence-electron chi connectivity index (χ3n) is 6.15. The molecular formula is C24H25N3O3. The highest BCUT2D eigenvalue weighted by molar-refractivity contribution is 5.95. The molecule has 30 heavy (non-hydrogen) atoms. The summed E-state index contributed by atoms with van der Waals surface area (Å²) >= 11 is 0. The predicted molar refractivity (Wildman–Crippen MR) is 114 cm³/mol. The lowest BCUT2D eigenvalue weighted by Crippen LogP contribution is -2.65. The molecule has 1 atom stereocenters. The molecule has 2 fully saturated rings. The van der Waals surface area contributed by atoms with Gasteiger partial charge in [0.2, 0.25) is 11.8 Å². The summed E-state index contributed by atoms with van der Waals surface area (Å²) in [6.45, 7) is 2.73. The van der Waals surface area contributed by atoms with Gasteiger partial charge in [0.05, 0.1) is 6.54 Å². The van der Waals surface area contributed by atoms with Gasteiger partial charge < -0.3 is 14.6 Å². The first-order valence-corrected chi connectivity index (χ1v) is 10.5. The maximum absolute atomic E-state index is 12.3. The molecule has 0 spiro atoms. The van der Waals surface area contributed by atoms with E-state index in [9.17, 15) is 9.59 Å². The number of piperazine rings is 2. The van der Waals surface area contributed by atoms with Crippen molar-refractivity contribution in [2.75, 3.05) is 26.2 Å². The van der Waals surface area contributed by atoms with E-state index in [-0.39, 0.29) is 18.4 Å². The molecule has 0 radical (unpaired) electrons. The Balaban J connectivity index is 1.38. The topological polar surface area (TPSA) is 65.8 Å². The monoisotopic (exact) mass is 403 g/mol. The van der Waals surface area contributed by atoms with Crippen LogP contribution in [-0.2, 0) is 29.0 Å². The molecule has 5 rings (SSSR count). The Hall–Kier alpha value is -3.12. The van der Waals surface area contributed by atoms with Gasteiger partial charge in [-0.3, -0.25) is 14.5 Å². The Bertz CT molecular complexity index is 1080. The zero-order valence-corrected chi connectivity index (χ0v) is 16.8. The first-order chi connectivity index (χ1) is 14.7. The van der Waals surface area contributed by atoms with Crippen LogP contribution in [0.15, 0.2) is 59.0 Å². The van der Waals surface area contributed by atoms with E-state index in [0.29, 0.717) is 19.6 Å². The summed E-state index contributed by atoms with van der Waals surface area (Å²) in [5, 5.41) is 3.85. The molecule has 0 aliphatic carbocycles. The molecule has 2 amide bonds. The van der Waals surface area contributed by atoms with Crippen molar-refractivity contribution in [3.05, 3.63) is 71.5 Å². The number of fused-ring (bicyclic) bond motifs is 2. The van der Waals surface area contributed by atoms with Crippen LogP contribution in [0.4, 0.5) is 0 Å². The van der Waals surface area contributed by atoms with Crippen molar-refractivity contribution in [1.82, 2.24) is 15.1 Å². The van der Waals surface area contributed by atoms with E-state index in [2.05, 4.69) is 40.5 Å². The van der Waals surface area contributed by atoms with Gasteiger partial charge in [-0.2, -0.15) is 0 Å². The molecule has 3 heterocycles. The number of carbonyl (C=O) groups is 2. The summed E-state index contributed by atoms with van der Waals surface area (Å²) in [5.74, 6) is 0.962. The van der Waals surface area contributed by atoms with Crippen LogP contribution in [-0.4, -0.2) is 53.8 Å². The van der Waals surface area contributed by atoms with Crippen molar-refractivity contribution >= 4 is 22.8 Å². The Morgan fingerprint density at radius 3 is 2.63 bits per heavy atom. The Morgan fingerprint density at radius 1 is 0.967 bits per heavy atom. The van der Waals surface area contributed by atoms with Gasteiger partial charge in [0.15, 0.2) is 0 Å². The van der Waals surface area contributed by atoms with Gasteiger partial charge >= 0.3 is 0 Å². The van der Waals surface area contributed by atoms with Crippen LogP contribution in [0, 0.1) is 0 Å². The van der Waals surface area contributed by atoms with Crippen molar-refractivity contribution in [2.24, 2.45) is 0 Å². The number of aryl methyl sites for hydroxylation is 2. The quantitative estimate of drug-likeness (QED) is 0.710. The maximum atomic E-state index is 12.3. The molecule has 6 nitrogen and oxygen atoms in total. The zero-order valence-electron chi connectivity index (χ0n) is 16.8. The predicted octanol–water partition coefficient (Wildman–Crippen LogP) is 2.36. The Labute approximate surface area is 175 Å². The number of benzene rings is 2. The molecule has 3 aromatic rings. The first-order valence-electron chi connectivity index (χ1n) is 10.5. The van der Waals surface area contributed by atoms with Gasteiger partial charge in [-0.05, 0) is 18.1 Å². The van der Waals surface area contributed by atoms with Crippen molar-refractivity contribution in [2.45, 2.75) is 25.4 Å². The van der Waals surface area contributed by atoms with Crippen LogP contribution in [0.5, 0.6) is 0 Å². The van der Waals surface area contributed by atoms with E-state index >= 15 is 0 Å². The van der Waals surface area contributed by atoms with Gasteiger partial charge in [0.25, 0.3) is 0 Å². The highest BCUT2D eigenvalue weighted by Crippen LogP contribution is 2.29. The second-order valence-electron chi connectivity index (χ2n) is 8.04. The standard InChI is InChI=1S/C24H25N3O3/c28-23-14-25-24(29)20-16-26(12-13-27(20)23)15-19-18-8-4-5-9-21(18)30-22(19)11-10-17-6-2-1-3-7-17/h1-9,20H,10-16H2,(H,25,29). The number of carbonyl (C=O) groups excluding carboxylic acids is 2. The van der Waals surface area contributed by atoms with Crippen molar-refractivity contribution in [1.29, 1.82) is 0 Å². The SMILES string of the molecule is O=C1NCC(=O)N2CCN(Cc3c(CCc4ccccc4)oc4ccccc34)CC12. The maximum Gasteiger partial charge on any atom is 0.244 e. The molecule has 1 unspecified atom stereocenters. The second-order valence-corrected chi connectivity index (χ2v) is 8.04. The minimum Gasteiger partial charge on any atom is -0.461 e. The molecule has 154 valence electrons. The lowest BCUT2D eigenvalue weighted by molar-refractivity contribution is -0.149. The number of amides is 2. The fraction of sp³-hybridized carbons (Fsp3) is 0.333. The Kier molecular flexibility index (Phi) is 5.01. The average Bonchev–Trinajstić information content (AvgIpc) is 3.13. The molecule has 2 saturated heterocycles. The van der Waals surface area contributed by atoms with Crippen molar-refractivity contribution < 1.29 is 14.0 Å². The first kappa shape index (κ1) is 18.9. The van der Waals surface area contributed by atoms with E-state index in [0.717, 1.165) is 36.1 Å². The summed E-state index contributed by atoms with van der Waals surface area (Å²) in [6, 6.07) is 18.2. The molecule has 2 aliphatic heterocycles. The van der Waals surface area contributed by atoms with E-state index in [1.807, 2.05) is 24.3 Å². The number of hydrogen-bond donors (Lipinski definition) is 1. The molecule has 0 saturated carbocycles. The lowest BCUT2D eigenvalue weighted by Gasteiger charge is -2.42. The summed E-state index contributed by atoms with van der Waals surface area (Å²) in [4.78, 5) is 28.4. The van der Waals surface area contributed by atoms with Crippen LogP contribution < -0.4 is 5.32 Å². The molecule has 0 bridgehead atoms. The van der Waals surface area contributed by atoms with Crippen LogP contribution in [0.1, 0.15) is 16.9 Å². The minimum atomic E-state index is -0.397. The number of hydrogen-bond acceptors (Lipinski definition) is 4. The fourth-order valence-electron chi connectivity index (χ4n) is 4.54. The van der Waals surface area contributed by atoms with Gasteiger partial charge in [0.1, 0.15) is 17.4 Å². The zero-order chi connectivity index (χ0) is 20.5. The summed E-state index contributed by atoms with van der Waals surface area (Å²) < 4.78 is 6.24. The van der Waals surface area contributed by atoms with E-state index in [4.69, 9.17) is 4.42 Å². The summed E-state index contributed by atoms with van der Waals surface area (Å²) in [7, 11) is 0. The van der Waals surface area contributed by atoms with Crippen LogP contribution in [0.25, 0.3) is 11.0 Å². The molecule has 1 aromatic heterocycles. The van der Waals surface area contributed by atoms with Gasteiger partial charge in [-0.15, -0.1) is 0 Å². The largest absolute Gasteiger partial charge is 0.461 e. The molecule has 6 heteroatoms. The molecule has 2 aromatic carbocycles.